The summed E-state index contributed by atoms with van der Waals surface area (Å²) in [6.45, 7) is 31.4. The number of nitriles is 1. The second kappa shape index (κ2) is 24.0. The number of hydrogen-bond donors (Lipinski definition) is 0. The molecule has 16 rings (SSSR count). The molecule has 0 amide bonds. The van der Waals surface area contributed by atoms with Gasteiger partial charge in [0.1, 0.15) is 17.2 Å². The van der Waals surface area contributed by atoms with Crippen LogP contribution in [0.3, 0.4) is 0 Å². The maximum absolute atomic E-state index is 16.0. The third kappa shape index (κ3) is 10.7. The summed E-state index contributed by atoms with van der Waals surface area (Å²) in [6.07, 6.45) is -14.6. The van der Waals surface area contributed by atoms with Gasteiger partial charge in [-0.1, -0.05) is 129 Å². The van der Waals surface area contributed by atoms with Gasteiger partial charge in [0.25, 0.3) is 0 Å². The van der Waals surface area contributed by atoms with Crippen LogP contribution in [0.1, 0.15) is 66.8 Å². The van der Waals surface area contributed by atoms with Crippen LogP contribution in [0.4, 0.5) is 50.9 Å². The average molecular weight is 1360 g/mol. The largest absolute Gasteiger partial charge is 0.420 e. The summed E-state index contributed by atoms with van der Waals surface area (Å²) in [7, 11) is 0. The molecule has 0 N–H and O–H groups in total. The monoisotopic (exact) mass is 1360 g/mol. The van der Waals surface area contributed by atoms with Crippen LogP contribution in [0.2, 0.25) is 0 Å². The van der Waals surface area contributed by atoms with Crippen LogP contribution in [-0.2, 0) is 18.5 Å². The molecule has 0 spiro atoms. The van der Waals surface area contributed by atoms with Crippen molar-refractivity contribution in [3.8, 4) is 51.1 Å². The summed E-state index contributed by atoms with van der Waals surface area (Å²) < 4.78 is 144. The lowest BCUT2D eigenvalue weighted by Gasteiger charge is -2.24. The Morgan fingerprint density at radius 1 is 0.304 bits per heavy atom. The van der Waals surface area contributed by atoms with Crippen LogP contribution in [0.15, 0.2) is 206 Å². The van der Waals surface area contributed by atoms with Crippen LogP contribution in [-0.4, -0.2) is 18.3 Å². The number of fused-ring (bicyclic) bond motifs is 12. The summed E-state index contributed by atoms with van der Waals surface area (Å²) in [5, 5.41) is 17.8. The molecule has 7 nitrogen and oxygen atoms in total. The third-order valence-corrected chi connectivity index (χ3v) is 19.4. The van der Waals surface area contributed by atoms with Crippen LogP contribution < -0.4 is 0 Å². The van der Waals surface area contributed by atoms with Crippen LogP contribution >= 0.6 is 0 Å². The summed E-state index contributed by atoms with van der Waals surface area (Å²) in [5.41, 5.74) is 9.22. The molecular formula is C86H58F9N7. The van der Waals surface area contributed by atoms with E-state index in [4.69, 9.17) is 13.1 Å². The lowest BCUT2D eigenvalue weighted by molar-refractivity contribution is -0.138. The Bertz CT molecular complexity index is 5890. The Morgan fingerprint density at radius 3 is 0.735 bits per heavy atom. The molecule has 0 aliphatic rings. The van der Waals surface area contributed by atoms with Crippen molar-refractivity contribution in [1.82, 2.24) is 18.3 Å². The zero-order valence-electron chi connectivity index (χ0n) is 56.2. The average Bonchev–Trinajstić information content (AvgIpc) is 1.51. The summed E-state index contributed by atoms with van der Waals surface area (Å²) in [5.74, 6) is 0. The van der Waals surface area contributed by atoms with Gasteiger partial charge in [-0.3, -0.25) is 0 Å². The predicted octanol–water partition coefficient (Wildman–Crippen LogP) is 25.6. The molecule has 0 saturated carbocycles. The molecule has 4 aromatic heterocycles. The zero-order valence-corrected chi connectivity index (χ0v) is 56.2. The second-order valence-electron chi connectivity index (χ2n) is 26.5. The van der Waals surface area contributed by atoms with Gasteiger partial charge in [-0.2, -0.15) is 44.8 Å². The first-order valence-electron chi connectivity index (χ1n) is 32.7. The highest BCUT2D eigenvalue weighted by atomic mass is 19.4. The van der Waals surface area contributed by atoms with Crippen molar-refractivity contribution in [1.29, 1.82) is 5.26 Å². The molecule has 0 bridgehead atoms. The van der Waals surface area contributed by atoms with E-state index in [1.807, 2.05) is 137 Å². The molecule has 0 aliphatic carbocycles. The van der Waals surface area contributed by atoms with Gasteiger partial charge in [0.05, 0.1) is 91.2 Å². The Morgan fingerprint density at radius 2 is 0.529 bits per heavy atom. The second-order valence-corrected chi connectivity index (χ2v) is 26.5. The Labute approximate surface area is 579 Å². The topological polar surface area (TPSA) is 52.2 Å². The van der Waals surface area contributed by atoms with Gasteiger partial charge in [-0.05, 0) is 199 Å². The SMILES string of the molecule is [C-]#[N+]c1cccc(C(F)(F)F)c1-c1cc(-n2c3ccc(C)cc3c3cc(C)ccc32)c(C#N)c(-n2c3ccc(C)cc3c3cc(C)ccc32)c1.[C-]#[N+]c1cccc(C(F)(F)F)c1-c1cc(-n2c3ccc(C)cc3c3cc(C)ccc32)c(C(F)(F)F)c(-n2c3ccc(C)cc3c3cc(C)ccc32)c1. The number of nitrogens with zero attached hydrogens (tertiary/aromatic N) is 7. The van der Waals surface area contributed by atoms with Crippen molar-refractivity contribution in [2.45, 2.75) is 73.9 Å². The van der Waals surface area contributed by atoms with Crippen LogP contribution in [0.5, 0.6) is 0 Å². The van der Waals surface area contributed by atoms with E-state index in [0.717, 1.165) is 118 Å². The van der Waals surface area contributed by atoms with Gasteiger partial charge in [-0.15, -0.1) is 0 Å². The highest BCUT2D eigenvalue weighted by Crippen LogP contribution is 2.52. The smallest absolute Gasteiger partial charge is 0.309 e. The molecule has 0 radical (unpaired) electrons. The van der Waals surface area contributed by atoms with E-state index in [2.05, 4.69) is 40.0 Å². The fourth-order valence-electron chi connectivity index (χ4n) is 15.0. The predicted molar refractivity (Wildman–Crippen MR) is 391 cm³/mol. The van der Waals surface area contributed by atoms with E-state index < -0.39 is 40.8 Å². The Hall–Kier alpha value is -12.3. The lowest BCUT2D eigenvalue weighted by Crippen LogP contribution is -2.16. The number of hydrogen-bond acceptors (Lipinski definition) is 1. The van der Waals surface area contributed by atoms with Crippen LogP contribution in [0.25, 0.3) is 142 Å². The first kappa shape index (κ1) is 65.6. The fourth-order valence-corrected chi connectivity index (χ4v) is 15.0. The summed E-state index contributed by atoms with van der Waals surface area (Å²) in [6, 6.07) is 61.1. The lowest BCUT2D eigenvalue weighted by atomic mass is 9.94. The highest BCUT2D eigenvalue weighted by molar-refractivity contribution is 6.14. The van der Waals surface area contributed by atoms with E-state index in [9.17, 15) is 31.6 Å². The molecule has 16 heteroatoms. The quantitative estimate of drug-likeness (QED) is 0.121. The molecule has 0 fully saturated rings. The number of rotatable bonds is 6. The van der Waals surface area contributed by atoms with Gasteiger partial charge < -0.3 is 18.3 Å². The van der Waals surface area contributed by atoms with Crippen molar-refractivity contribution in [2.24, 2.45) is 0 Å². The molecule has 0 atom stereocenters. The van der Waals surface area contributed by atoms with Gasteiger partial charge in [0.2, 0.25) is 0 Å². The van der Waals surface area contributed by atoms with Gasteiger partial charge in [-0.25, -0.2) is 9.69 Å². The van der Waals surface area contributed by atoms with Crippen molar-refractivity contribution in [3.63, 3.8) is 0 Å². The number of halogens is 9. The molecule has 0 unspecified atom stereocenters. The highest BCUT2D eigenvalue weighted by Gasteiger charge is 2.42. The Kier molecular flexibility index (Phi) is 15.4. The van der Waals surface area contributed by atoms with E-state index >= 15 is 13.2 Å². The third-order valence-electron chi connectivity index (χ3n) is 19.4. The summed E-state index contributed by atoms with van der Waals surface area (Å²) in [4.78, 5) is 6.99. The molecule has 0 saturated heterocycles. The van der Waals surface area contributed by atoms with Crippen molar-refractivity contribution in [2.75, 3.05) is 0 Å². The maximum atomic E-state index is 16.0. The minimum absolute atomic E-state index is 0.122. The molecule has 4 heterocycles. The minimum Gasteiger partial charge on any atom is -0.309 e. The van der Waals surface area contributed by atoms with E-state index in [0.29, 0.717) is 60.5 Å². The molecular weight excluding hydrogens is 1300 g/mol. The first-order valence-corrected chi connectivity index (χ1v) is 32.7. The molecule has 16 aromatic rings. The van der Waals surface area contributed by atoms with Crippen molar-refractivity contribution < 1.29 is 39.5 Å². The minimum atomic E-state index is -4.98. The maximum Gasteiger partial charge on any atom is 0.420 e. The number of aryl methyl sites for hydroxylation is 8. The van der Waals surface area contributed by atoms with E-state index in [1.54, 1.807) is 60.7 Å². The number of alkyl halides is 9. The number of aromatic nitrogens is 4. The zero-order chi connectivity index (χ0) is 71.9. The molecule has 12 aromatic carbocycles. The van der Waals surface area contributed by atoms with Gasteiger partial charge in [0, 0.05) is 43.1 Å². The normalized spacial score (nSPS) is 12.1. The van der Waals surface area contributed by atoms with Crippen LogP contribution in [0, 0.1) is 79.9 Å². The van der Waals surface area contributed by atoms with Crippen molar-refractivity contribution >= 4 is 98.6 Å². The number of benzene rings is 12. The molecule has 0 aliphatic heterocycles. The van der Waals surface area contributed by atoms with E-state index in [-0.39, 0.29) is 39.4 Å². The van der Waals surface area contributed by atoms with Gasteiger partial charge >= 0.3 is 18.5 Å². The molecule has 102 heavy (non-hydrogen) atoms. The standard InChI is InChI=1S/C43H29F6N3.C43H29F3N4/c1-23-9-13-34-28(17-23)29-18-24(2)10-14-35(29)51(34)38-21-27(40-32(42(44,45)46)7-6-8-33(40)50-5)22-39(41(38)43(47,48)49)52-36-15-11-25(3)19-30(36)31-20-26(4)12-16-37(31)52;1-24-9-13-36-29(17-24)30-18-25(2)10-14-37(30)49(36)40-21-28(42-34(43(44,45)46)7-6-8-35(42)48-5)22-41(33(40)23-47)50-38-15-11-26(3)19-31(38)32-20-27(4)12-16-39(32)50/h6-22H,1-4H3;6-22H,1-4H3. The molecule has 500 valence electrons. The van der Waals surface area contributed by atoms with Gasteiger partial charge in [0.15, 0.2) is 11.4 Å². The van der Waals surface area contributed by atoms with E-state index in [1.165, 1.54) is 27.3 Å². The fraction of sp³-hybridized carbons (Fsp3) is 0.128. The Balaban J connectivity index is 0.000000165. The first-order chi connectivity index (χ1) is 48.6. The van der Waals surface area contributed by atoms with Crippen molar-refractivity contribution in [3.05, 3.63) is 296 Å². The summed E-state index contributed by atoms with van der Waals surface area (Å²) >= 11 is 0.